The summed E-state index contributed by atoms with van der Waals surface area (Å²) >= 11 is 0. The lowest BCUT2D eigenvalue weighted by molar-refractivity contribution is 0.545. The van der Waals surface area contributed by atoms with Crippen LogP contribution in [0.25, 0.3) is 0 Å². The van der Waals surface area contributed by atoms with E-state index in [0.717, 1.165) is 0 Å². The van der Waals surface area contributed by atoms with Crippen LogP contribution in [0.5, 0.6) is 0 Å². The van der Waals surface area contributed by atoms with Crippen molar-refractivity contribution in [3.05, 3.63) is 36.8 Å². The highest BCUT2D eigenvalue weighted by Crippen LogP contribution is 2.25. The normalized spacial score (nSPS) is 13.4. The lowest BCUT2D eigenvalue weighted by Crippen LogP contribution is -2.45. The van der Waals surface area contributed by atoms with Crippen molar-refractivity contribution in [2.45, 2.75) is 123 Å². The first-order valence-electron chi connectivity index (χ1n) is 13.8. The van der Waals surface area contributed by atoms with Crippen LogP contribution >= 0.6 is 0 Å². The standard InChI is InChI=1S/C12H32O2Si4.C8H18OSi2.C5H16OSi2/c1-10-16(4,5)14-18(8,9)12-11-17(6,7)13-15(2)3;1-7-10(3,4)9-11(5,6)8-2;1-7(2)6-8(3,4)5/h10,15H,1,11-12H2,2-9H3;7-8H,1-2H2,3-6H3;7H,1-5H3. The molecule has 0 aromatic rings. The fourth-order valence-electron chi connectivity index (χ4n) is 3.57. The number of rotatable bonds is 14. The molecule has 222 valence electrons. The fourth-order valence-corrected chi connectivity index (χ4v) is 32.2. The summed E-state index contributed by atoms with van der Waals surface area (Å²) in [6.07, 6.45) is 0. The van der Waals surface area contributed by atoms with Crippen LogP contribution in [-0.2, 0) is 16.5 Å². The Hall–Kier alpha value is 0.795. The topological polar surface area (TPSA) is 36.9 Å². The van der Waals surface area contributed by atoms with Crippen LogP contribution < -0.4 is 0 Å². The van der Waals surface area contributed by atoms with Crippen LogP contribution in [0, 0.1) is 0 Å². The highest BCUT2D eigenvalue weighted by Gasteiger charge is 2.34. The molecule has 0 saturated heterocycles. The highest BCUT2D eigenvalue weighted by atomic mass is 28.4. The largest absolute Gasteiger partial charge is 0.458 e. The summed E-state index contributed by atoms with van der Waals surface area (Å²) in [6, 6.07) is 2.45. The molecule has 0 bridgehead atoms. The minimum absolute atomic E-state index is 0.734. The average molecular weight is 655 g/mol. The van der Waals surface area contributed by atoms with Crippen molar-refractivity contribution in [1.29, 1.82) is 0 Å². The van der Waals surface area contributed by atoms with Crippen LogP contribution in [0.3, 0.4) is 0 Å². The first-order valence-corrected chi connectivity index (χ1v) is 38.0. The van der Waals surface area contributed by atoms with Gasteiger partial charge in [0.2, 0.25) is 0 Å². The van der Waals surface area contributed by atoms with Gasteiger partial charge in [0.05, 0.1) is 0 Å². The maximum atomic E-state index is 6.41. The van der Waals surface area contributed by atoms with Crippen molar-refractivity contribution in [1.82, 2.24) is 0 Å². The van der Waals surface area contributed by atoms with Crippen LogP contribution in [0.2, 0.25) is 123 Å². The van der Waals surface area contributed by atoms with E-state index < -0.39 is 68.0 Å². The molecule has 0 spiro atoms. The first kappa shape index (κ1) is 42.3. The SMILES string of the molecule is C=C[Si](C)(C)O[Si](C)(C)C=C.C=C[Si](C)(C)O[Si](C)(C)CC[Si](C)(C)O[SiH](C)C.C[SiH](C)O[Si](C)(C)C. The maximum absolute atomic E-state index is 6.41. The van der Waals surface area contributed by atoms with Crippen molar-refractivity contribution in [2.24, 2.45) is 0 Å². The van der Waals surface area contributed by atoms with Gasteiger partial charge in [0.15, 0.2) is 68.0 Å². The molecule has 0 saturated carbocycles. The molecule has 0 heterocycles. The first-order chi connectivity index (χ1) is 16.1. The third-order valence-electron chi connectivity index (χ3n) is 5.01. The predicted octanol–water partition coefficient (Wildman–Crippen LogP) is 9.03. The van der Waals surface area contributed by atoms with E-state index in [1.165, 1.54) is 12.1 Å². The molecular weight excluding hydrogens is 589 g/mol. The van der Waals surface area contributed by atoms with Gasteiger partial charge in [-0.15, -0.1) is 19.7 Å². The minimum Gasteiger partial charge on any atom is -0.458 e. The predicted molar refractivity (Wildman–Crippen MR) is 193 cm³/mol. The second-order valence-electron chi connectivity index (χ2n) is 14.1. The smallest absolute Gasteiger partial charge is 0.198 e. The van der Waals surface area contributed by atoms with Gasteiger partial charge in [0, 0.05) is 0 Å². The quantitative estimate of drug-likeness (QED) is 0.175. The maximum Gasteiger partial charge on any atom is 0.198 e. The van der Waals surface area contributed by atoms with E-state index in [1.807, 2.05) is 17.1 Å². The van der Waals surface area contributed by atoms with E-state index in [2.05, 4.69) is 131 Å². The van der Waals surface area contributed by atoms with Crippen LogP contribution in [0.15, 0.2) is 36.8 Å². The number of hydrogen-bond donors (Lipinski definition) is 0. The van der Waals surface area contributed by atoms with Gasteiger partial charge in [-0.3, -0.25) is 0 Å². The lowest BCUT2D eigenvalue weighted by atomic mass is 10.9. The Balaban J connectivity index is -0.000000517. The van der Waals surface area contributed by atoms with E-state index in [0.29, 0.717) is 0 Å². The summed E-state index contributed by atoms with van der Waals surface area (Å²) in [6.45, 7) is 49.6. The number of hydrogen-bond acceptors (Lipinski definition) is 4. The zero-order valence-corrected chi connectivity index (χ0v) is 36.4. The van der Waals surface area contributed by atoms with Crippen molar-refractivity contribution in [3.63, 3.8) is 0 Å². The summed E-state index contributed by atoms with van der Waals surface area (Å²) in [4.78, 5) is 0. The van der Waals surface area contributed by atoms with Gasteiger partial charge >= 0.3 is 0 Å². The molecule has 0 aromatic heterocycles. The van der Waals surface area contributed by atoms with Gasteiger partial charge < -0.3 is 16.5 Å². The Kier molecular flexibility index (Phi) is 20.1. The Labute approximate surface area is 243 Å². The molecule has 0 N–H and O–H groups in total. The van der Waals surface area contributed by atoms with Gasteiger partial charge in [-0.1, -0.05) is 17.1 Å². The summed E-state index contributed by atoms with van der Waals surface area (Å²) in [5.41, 5.74) is 5.97. The molecule has 0 radical (unpaired) electrons. The van der Waals surface area contributed by atoms with Gasteiger partial charge in [-0.2, -0.15) is 0 Å². The Morgan fingerprint density at radius 2 is 0.784 bits per heavy atom. The van der Waals surface area contributed by atoms with Crippen molar-refractivity contribution >= 4 is 68.0 Å². The molecular formula is C25H66O4Si8. The van der Waals surface area contributed by atoms with Gasteiger partial charge in [-0.05, 0) is 123 Å². The van der Waals surface area contributed by atoms with Crippen LogP contribution in [0.4, 0.5) is 0 Å². The fraction of sp³-hybridized carbons (Fsp3) is 0.760. The molecule has 0 fully saturated rings. The third-order valence-corrected chi connectivity index (χ3v) is 29.0. The zero-order chi connectivity index (χ0) is 30.5. The zero-order valence-electron chi connectivity index (χ0n) is 28.1. The van der Waals surface area contributed by atoms with Crippen molar-refractivity contribution < 1.29 is 16.5 Å². The summed E-state index contributed by atoms with van der Waals surface area (Å²) in [7, 11) is -10.6. The molecule has 0 aliphatic heterocycles. The summed E-state index contributed by atoms with van der Waals surface area (Å²) in [5, 5.41) is 0. The van der Waals surface area contributed by atoms with E-state index in [-0.39, 0.29) is 0 Å². The molecule has 0 aliphatic rings. The molecule has 0 aliphatic carbocycles. The monoisotopic (exact) mass is 654 g/mol. The molecule has 0 unspecified atom stereocenters. The van der Waals surface area contributed by atoms with Crippen LogP contribution in [-0.4, -0.2) is 68.0 Å². The second kappa shape index (κ2) is 17.6. The van der Waals surface area contributed by atoms with E-state index >= 15 is 0 Å². The molecule has 0 rings (SSSR count). The summed E-state index contributed by atoms with van der Waals surface area (Å²) in [5.74, 6) is 0. The second-order valence-corrected chi connectivity index (χ2v) is 44.9. The molecule has 37 heavy (non-hydrogen) atoms. The Bertz CT molecular complexity index is 652. The van der Waals surface area contributed by atoms with Crippen molar-refractivity contribution in [2.75, 3.05) is 0 Å². The minimum atomic E-state index is -1.63. The molecule has 4 nitrogen and oxygen atoms in total. The molecule has 0 aromatic carbocycles. The Morgan fingerprint density at radius 1 is 0.486 bits per heavy atom. The average Bonchev–Trinajstić information content (AvgIpc) is 2.63. The third kappa shape index (κ3) is 29.6. The van der Waals surface area contributed by atoms with Crippen LogP contribution in [0.1, 0.15) is 0 Å². The van der Waals surface area contributed by atoms with E-state index in [1.54, 1.807) is 0 Å². The van der Waals surface area contributed by atoms with Gasteiger partial charge in [0.25, 0.3) is 0 Å². The van der Waals surface area contributed by atoms with Gasteiger partial charge in [-0.25, -0.2) is 0 Å². The highest BCUT2D eigenvalue weighted by molar-refractivity contribution is 6.89. The van der Waals surface area contributed by atoms with E-state index in [9.17, 15) is 0 Å². The molecule has 0 amide bonds. The lowest BCUT2D eigenvalue weighted by Gasteiger charge is -2.34. The van der Waals surface area contributed by atoms with Gasteiger partial charge in [0.1, 0.15) is 0 Å². The molecule has 0 atom stereocenters. The summed E-state index contributed by atoms with van der Waals surface area (Å²) < 4.78 is 24.3. The van der Waals surface area contributed by atoms with Crippen molar-refractivity contribution in [3.8, 4) is 0 Å². The molecule has 12 heteroatoms. The Morgan fingerprint density at radius 3 is 1.03 bits per heavy atom. The van der Waals surface area contributed by atoms with E-state index in [4.69, 9.17) is 16.5 Å².